The number of carbonyl (C=O) groups excluding carboxylic acids is 8. The minimum absolute atomic E-state index is 0.138. The summed E-state index contributed by atoms with van der Waals surface area (Å²) in [6.07, 6.45) is -19.7. The van der Waals surface area contributed by atoms with Gasteiger partial charge in [-0.05, 0) is 71.5 Å². The summed E-state index contributed by atoms with van der Waals surface area (Å²) in [5.41, 5.74) is 3.95. The van der Waals surface area contributed by atoms with Crippen LogP contribution in [-0.2, 0) is 131 Å². The maximum atomic E-state index is 14.8. The fourth-order valence-corrected chi connectivity index (χ4v) is 10.5. The SMILES string of the molecule is CC(=O)O[C@@H]1[C@@H](OC(C)=O)[C@H](C)O[C@@H](O[C@@H]2[C@@H](OC(C)=O)[C@H](OCCc3ccc(OCc4ccccc4)cc3)O[C@H](CO[C@@H]3OC[C@@H](OC(C)=O)[C@H](OC(C)=O)[C@H]3OC(C)=O)[C@H]2OC(=O)/C=C/c2ccc(OCc3ccccc3)c(OCc3ccccc3)c2)[C@@H]1OC(C)=O. The van der Waals surface area contributed by atoms with E-state index in [4.69, 9.17) is 80.5 Å². The molecule has 0 amide bonds. The van der Waals surface area contributed by atoms with Gasteiger partial charge in [0, 0.05) is 54.5 Å². The fraction of sp³-hybridized carbons (Fsp3) is 0.420. The largest absolute Gasteiger partial charge is 0.489 e. The summed E-state index contributed by atoms with van der Waals surface area (Å²) in [6, 6.07) is 40.8. The van der Waals surface area contributed by atoms with E-state index in [0.717, 1.165) is 76.8 Å². The molecule has 0 spiro atoms. The Morgan fingerprint density at radius 2 is 0.926 bits per heavy atom. The molecule has 3 heterocycles. The van der Waals surface area contributed by atoms with Crippen LogP contribution < -0.4 is 14.2 Å². The van der Waals surface area contributed by atoms with E-state index in [0.29, 0.717) is 29.4 Å². The minimum Gasteiger partial charge on any atom is -0.489 e. The molecule has 14 atom stereocenters. The maximum Gasteiger partial charge on any atom is 0.331 e. The van der Waals surface area contributed by atoms with E-state index in [1.54, 1.807) is 30.3 Å². The number of carbonyl (C=O) groups is 8. The first-order valence-electron chi connectivity index (χ1n) is 30.3. The molecular weight excluding hydrogens is 1230 g/mol. The summed E-state index contributed by atoms with van der Waals surface area (Å²) in [5, 5.41) is 0. The molecule has 0 N–H and O–H groups in total. The lowest BCUT2D eigenvalue weighted by Gasteiger charge is -2.48. The summed E-state index contributed by atoms with van der Waals surface area (Å²) in [6.45, 7) is 8.46. The van der Waals surface area contributed by atoms with Gasteiger partial charge in [-0.2, -0.15) is 0 Å². The van der Waals surface area contributed by atoms with Gasteiger partial charge in [-0.25, -0.2) is 4.79 Å². The van der Waals surface area contributed by atoms with Crippen LogP contribution in [-0.4, -0.2) is 154 Å². The number of esters is 8. The second-order valence-corrected chi connectivity index (χ2v) is 22.0. The highest BCUT2D eigenvalue weighted by molar-refractivity contribution is 5.87. The minimum atomic E-state index is -1.84. The van der Waals surface area contributed by atoms with E-state index in [1.165, 1.54) is 13.0 Å². The van der Waals surface area contributed by atoms with Gasteiger partial charge in [0.2, 0.25) is 0 Å². The van der Waals surface area contributed by atoms with Crippen LogP contribution in [0.15, 0.2) is 140 Å². The molecule has 5 aromatic carbocycles. The number of ether oxygens (including phenoxy) is 17. The Morgan fingerprint density at radius 1 is 0.436 bits per heavy atom. The van der Waals surface area contributed by atoms with Gasteiger partial charge in [0.25, 0.3) is 0 Å². The summed E-state index contributed by atoms with van der Waals surface area (Å²) in [5.74, 6) is -5.77. The number of benzene rings is 5. The zero-order valence-electron chi connectivity index (χ0n) is 53.1. The number of hydrogen-bond donors (Lipinski definition) is 0. The van der Waals surface area contributed by atoms with Crippen molar-refractivity contribution in [3.8, 4) is 17.2 Å². The monoisotopic (exact) mass is 1300 g/mol. The van der Waals surface area contributed by atoms with E-state index < -0.39 is 147 Å². The Balaban J connectivity index is 1.18. The van der Waals surface area contributed by atoms with Crippen molar-refractivity contribution in [3.05, 3.63) is 167 Å². The van der Waals surface area contributed by atoms with Gasteiger partial charge in [0.1, 0.15) is 37.8 Å². The van der Waals surface area contributed by atoms with Crippen molar-refractivity contribution in [3.63, 3.8) is 0 Å². The van der Waals surface area contributed by atoms with E-state index in [9.17, 15) is 38.4 Å². The van der Waals surface area contributed by atoms with E-state index in [2.05, 4.69) is 0 Å². The van der Waals surface area contributed by atoms with Gasteiger partial charge in [0.15, 0.2) is 79.2 Å². The summed E-state index contributed by atoms with van der Waals surface area (Å²) < 4.78 is 103. The normalized spacial score (nSPS) is 24.9. The lowest BCUT2D eigenvalue weighted by Crippen LogP contribution is -2.67. The fourth-order valence-electron chi connectivity index (χ4n) is 10.5. The molecule has 0 aliphatic carbocycles. The highest BCUT2D eigenvalue weighted by Crippen LogP contribution is 2.37. The third kappa shape index (κ3) is 21.1. The predicted molar refractivity (Wildman–Crippen MR) is 326 cm³/mol. The Kier molecular flexibility index (Phi) is 26.0. The lowest BCUT2D eigenvalue weighted by molar-refractivity contribution is -0.363. The van der Waals surface area contributed by atoms with Gasteiger partial charge >= 0.3 is 47.8 Å². The molecule has 3 aliphatic rings. The molecule has 3 fully saturated rings. The molecule has 0 bridgehead atoms. The van der Waals surface area contributed by atoms with Gasteiger partial charge < -0.3 is 80.5 Å². The van der Waals surface area contributed by atoms with Crippen LogP contribution >= 0.6 is 0 Å². The van der Waals surface area contributed by atoms with Crippen molar-refractivity contribution in [1.29, 1.82) is 0 Å². The molecule has 0 saturated carbocycles. The highest BCUT2D eigenvalue weighted by Gasteiger charge is 2.58. The van der Waals surface area contributed by atoms with Crippen molar-refractivity contribution in [2.45, 2.75) is 168 Å². The topological polar surface area (TPSA) is 293 Å². The zero-order valence-corrected chi connectivity index (χ0v) is 53.1. The van der Waals surface area contributed by atoms with Crippen molar-refractivity contribution in [2.75, 3.05) is 19.8 Å². The zero-order chi connectivity index (χ0) is 67.3. The average molecular weight is 1310 g/mol. The second kappa shape index (κ2) is 34.6. The van der Waals surface area contributed by atoms with Crippen molar-refractivity contribution in [2.24, 2.45) is 0 Å². The standard InChI is InChI=1S/C69H76O25/c1-40-59(86-42(3)71)62(88-44(5)73)66(91-47(8)76)69(84-40)94-63-60(93-58(77)31-27-49-26-30-54(80-36-51-20-14-10-15-21-51)55(34-49)81-37-52-22-16-11-17-23-52)57(39-83-67-64(89-45(6)74)61(87-43(4)72)56(38-82-67)85-41(2)70)92-68(65(63)90-46(7)75)78-33-32-48-24-28-53(29-25-48)79-35-50-18-12-9-13-19-50/h9-31,34,40,56-57,59-69H,32-33,35-39H2,1-8H3/b31-27+/t40-,56+,57+,59-,60+,61-,62+,63-,64+,65+,66+,67-,68+,69-/m0/s1. The maximum absolute atomic E-state index is 14.8. The number of rotatable bonds is 28. The Bertz CT molecular complexity index is 3360. The molecular formula is C69H76O25. The van der Waals surface area contributed by atoms with E-state index >= 15 is 0 Å². The lowest BCUT2D eigenvalue weighted by atomic mass is 9.96. The van der Waals surface area contributed by atoms with Crippen LogP contribution in [0.2, 0.25) is 0 Å². The van der Waals surface area contributed by atoms with Crippen LogP contribution in [0.5, 0.6) is 17.2 Å². The van der Waals surface area contributed by atoms with Crippen molar-refractivity contribution >= 4 is 53.8 Å². The van der Waals surface area contributed by atoms with Gasteiger partial charge in [0.05, 0.1) is 25.9 Å². The molecule has 25 nitrogen and oxygen atoms in total. The molecule has 8 rings (SSSR count). The smallest absolute Gasteiger partial charge is 0.331 e. The van der Waals surface area contributed by atoms with Crippen molar-refractivity contribution in [1.82, 2.24) is 0 Å². The molecule has 25 heteroatoms. The molecule has 3 saturated heterocycles. The van der Waals surface area contributed by atoms with Crippen LogP contribution in [0.25, 0.3) is 6.08 Å². The average Bonchev–Trinajstić information content (AvgIpc) is 0.772. The van der Waals surface area contributed by atoms with Crippen molar-refractivity contribution < 1.29 is 119 Å². The van der Waals surface area contributed by atoms with Crippen LogP contribution in [0.4, 0.5) is 0 Å². The van der Waals surface area contributed by atoms with Crippen LogP contribution in [0.3, 0.4) is 0 Å². The highest BCUT2D eigenvalue weighted by atomic mass is 16.8. The number of hydrogen-bond acceptors (Lipinski definition) is 25. The quantitative estimate of drug-likeness (QED) is 0.0268. The third-order valence-electron chi connectivity index (χ3n) is 14.5. The van der Waals surface area contributed by atoms with Gasteiger partial charge in [-0.3, -0.25) is 33.6 Å². The summed E-state index contributed by atoms with van der Waals surface area (Å²) >= 11 is 0. The molecule has 5 aromatic rings. The summed E-state index contributed by atoms with van der Waals surface area (Å²) in [7, 11) is 0. The Labute approximate surface area is 542 Å². The molecule has 0 unspecified atom stereocenters. The van der Waals surface area contributed by atoms with Crippen LogP contribution in [0, 0.1) is 0 Å². The predicted octanol–water partition coefficient (Wildman–Crippen LogP) is 7.36. The van der Waals surface area contributed by atoms with Gasteiger partial charge in [-0.15, -0.1) is 0 Å². The first-order chi connectivity index (χ1) is 45.2. The molecule has 94 heavy (non-hydrogen) atoms. The Hall–Kier alpha value is -9.24. The van der Waals surface area contributed by atoms with E-state index in [1.807, 2.05) is 103 Å². The molecule has 0 aromatic heterocycles. The second-order valence-electron chi connectivity index (χ2n) is 22.0. The first kappa shape index (κ1) is 70.6. The summed E-state index contributed by atoms with van der Waals surface area (Å²) in [4.78, 5) is 104. The molecule has 0 radical (unpaired) electrons. The molecule has 502 valence electrons. The van der Waals surface area contributed by atoms with E-state index in [-0.39, 0.29) is 26.2 Å². The Morgan fingerprint density at radius 3 is 1.48 bits per heavy atom. The third-order valence-corrected chi connectivity index (χ3v) is 14.5. The van der Waals surface area contributed by atoms with Crippen LogP contribution in [0.1, 0.15) is 83.2 Å². The van der Waals surface area contributed by atoms with Gasteiger partial charge in [-0.1, -0.05) is 109 Å². The molecule has 3 aliphatic heterocycles. The first-order valence-corrected chi connectivity index (χ1v) is 30.3.